The molecule has 2 fully saturated rings. The molecule has 1 saturated heterocycles. The highest BCUT2D eigenvalue weighted by molar-refractivity contribution is 6.23. The van der Waals surface area contributed by atoms with Gasteiger partial charge in [0.15, 0.2) is 0 Å². The first kappa shape index (κ1) is 22.4. The van der Waals surface area contributed by atoms with Crippen LogP contribution in [-0.4, -0.2) is 26.0 Å². The van der Waals surface area contributed by atoms with Gasteiger partial charge < -0.3 is 9.47 Å². The van der Waals surface area contributed by atoms with Crippen molar-refractivity contribution in [3.8, 4) is 11.5 Å². The number of amides is 2. The van der Waals surface area contributed by atoms with Crippen LogP contribution < -0.4 is 14.4 Å². The predicted octanol–water partition coefficient (Wildman–Crippen LogP) is 5.44. The second kappa shape index (κ2) is 8.52. The summed E-state index contributed by atoms with van der Waals surface area (Å²) in [5.74, 6) is 0.352. The number of hydrogen-bond acceptors (Lipinski definition) is 4. The Balaban J connectivity index is 1.48. The Bertz CT molecular complexity index is 1330. The summed E-state index contributed by atoms with van der Waals surface area (Å²) in [6.45, 7) is 1.97. The van der Waals surface area contributed by atoms with Gasteiger partial charge >= 0.3 is 0 Å². The molecule has 5 nitrogen and oxygen atoms in total. The smallest absolute Gasteiger partial charge is 0.238 e. The third kappa shape index (κ3) is 3.30. The van der Waals surface area contributed by atoms with Crippen LogP contribution in [-0.2, 0) is 9.59 Å². The van der Waals surface area contributed by atoms with Crippen LogP contribution >= 0.6 is 0 Å². The number of carbonyl (C=O) groups is 2. The van der Waals surface area contributed by atoms with E-state index < -0.39 is 0 Å². The fraction of sp³-hybridized carbons (Fsp3) is 0.226. The van der Waals surface area contributed by atoms with Crippen molar-refractivity contribution in [2.75, 3.05) is 19.1 Å². The van der Waals surface area contributed by atoms with Gasteiger partial charge in [-0.2, -0.15) is 0 Å². The summed E-state index contributed by atoms with van der Waals surface area (Å²) in [6.07, 6.45) is 4.25. The van der Waals surface area contributed by atoms with Crippen molar-refractivity contribution in [1.82, 2.24) is 0 Å². The Morgan fingerprint density at radius 3 is 1.67 bits per heavy atom. The molecular weight excluding hydrogens is 450 g/mol. The van der Waals surface area contributed by atoms with E-state index in [4.69, 9.17) is 9.47 Å². The van der Waals surface area contributed by atoms with Gasteiger partial charge in [0.1, 0.15) is 11.5 Å². The number of carbonyl (C=O) groups excluding carboxylic acids is 2. The van der Waals surface area contributed by atoms with Crippen molar-refractivity contribution in [2.24, 2.45) is 23.7 Å². The van der Waals surface area contributed by atoms with E-state index in [1.54, 1.807) is 14.2 Å². The topological polar surface area (TPSA) is 55.8 Å². The zero-order valence-electron chi connectivity index (χ0n) is 20.5. The minimum atomic E-state index is -0.380. The van der Waals surface area contributed by atoms with E-state index in [-0.39, 0.29) is 35.5 Å². The zero-order chi connectivity index (χ0) is 25.0. The third-order valence-electron chi connectivity index (χ3n) is 7.72. The molecule has 1 heterocycles. The van der Waals surface area contributed by atoms with Gasteiger partial charge in [0.2, 0.25) is 11.8 Å². The molecule has 1 aliphatic heterocycles. The minimum absolute atomic E-state index is 0.103. The molecule has 2 amide bonds. The second-order valence-electron chi connectivity index (χ2n) is 9.63. The molecule has 3 aliphatic rings. The largest absolute Gasteiger partial charge is 0.497 e. The molecule has 2 aliphatic carbocycles. The lowest BCUT2D eigenvalue weighted by Crippen LogP contribution is -2.33. The average Bonchev–Trinajstić information content (AvgIpc) is 3.54. The number of hydrogen-bond donors (Lipinski definition) is 0. The summed E-state index contributed by atoms with van der Waals surface area (Å²) in [7, 11) is 3.30. The molecule has 4 atom stereocenters. The number of allylic oxidation sites excluding steroid dienone is 3. The molecule has 1 saturated carbocycles. The fourth-order valence-corrected chi connectivity index (χ4v) is 6.13. The van der Waals surface area contributed by atoms with E-state index in [0.29, 0.717) is 5.69 Å². The number of ether oxygens (including phenoxy) is 2. The number of imide groups is 1. The first-order valence-electron chi connectivity index (χ1n) is 12.2. The number of methoxy groups -OCH3 is 2. The van der Waals surface area contributed by atoms with Gasteiger partial charge in [0.25, 0.3) is 0 Å². The first-order valence-corrected chi connectivity index (χ1v) is 12.2. The number of aryl methyl sites for hydroxylation is 1. The SMILES string of the molecule is COc1ccc(C(=C2[C@H]3C=C[C@H]2[C@@H]2C(=O)N(c4cccc(C)c4)C(=O)[C@H]23)c2ccc(OC)cc2)cc1. The highest BCUT2D eigenvalue weighted by atomic mass is 16.5. The van der Waals surface area contributed by atoms with Crippen molar-refractivity contribution in [3.05, 3.63) is 107 Å². The van der Waals surface area contributed by atoms with E-state index >= 15 is 0 Å². The summed E-state index contributed by atoms with van der Waals surface area (Å²) >= 11 is 0. The molecule has 5 heteroatoms. The maximum Gasteiger partial charge on any atom is 0.238 e. The van der Waals surface area contributed by atoms with Gasteiger partial charge in [-0.1, -0.05) is 48.6 Å². The summed E-state index contributed by atoms with van der Waals surface area (Å²) in [6, 6.07) is 23.6. The van der Waals surface area contributed by atoms with Gasteiger partial charge in [-0.15, -0.1) is 0 Å². The van der Waals surface area contributed by atoms with E-state index in [0.717, 1.165) is 39.3 Å². The van der Waals surface area contributed by atoms with Crippen molar-refractivity contribution in [3.63, 3.8) is 0 Å². The Morgan fingerprint density at radius 2 is 1.22 bits per heavy atom. The van der Waals surface area contributed by atoms with Crippen molar-refractivity contribution < 1.29 is 19.1 Å². The molecule has 3 aromatic carbocycles. The summed E-state index contributed by atoms with van der Waals surface area (Å²) in [4.78, 5) is 28.9. The molecular formula is C31H27NO4. The van der Waals surface area contributed by atoms with Gasteiger partial charge in [0, 0.05) is 11.8 Å². The molecule has 180 valence electrons. The van der Waals surface area contributed by atoms with Crippen LogP contribution in [0.15, 0.2) is 90.5 Å². The molecule has 2 bridgehead atoms. The van der Waals surface area contributed by atoms with Crippen LogP contribution in [0.3, 0.4) is 0 Å². The number of rotatable bonds is 5. The first-order chi connectivity index (χ1) is 17.5. The normalized spacial score (nSPS) is 23.9. The maximum absolute atomic E-state index is 13.7. The Kier molecular flexibility index (Phi) is 5.29. The minimum Gasteiger partial charge on any atom is -0.497 e. The number of anilines is 1. The fourth-order valence-electron chi connectivity index (χ4n) is 6.13. The Hall–Kier alpha value is -4.12. The zero-order valence-corrected chi connectivity index (χ0v) is 20.5. The third-order valence-corrected chi connectivity index (χ3v) is 7.72. The van der Waals surface area contributed by atoms with Crippen LogP contribution in [0.1, 0.15) is 16.7 Å². The molecule has 36 heavy (non-hydrogen) atoms. The Morgan fingerprint density at radius 1 is 0.722 bits per heavy atom. The van der Waals surface area contributed by atoms with Crippen molar-refractivity contribution >= 4 is 23.1 Å². The predicted molar refractivity (Wildman–Crippen MR) is 139 cm³/mol. The molecule has 0 spiro atoms. The van der Waals surface area contributed by atoms with E-state index in [2.05, 4.69) is 12.2 Å². The van der Waals surface area contributed by atoms with E-state index in [9.17, 15) is 9.59 Å². The number of benzene rings is 3. The van der Waals surface area contributed by atoms with Crippen molar-refractivity contribution in [1.29, 1.82) is 0 Å². The van der Waals surface area contributed by atoms with E-state index in [1.165, 1.54) is 4.90 Å². The summed E-state index contributed by atoms with van der Waals surface area (Å²) < 4.78 is 10.8. The van der Waals surface area contributed by atoms with Gasteiger partial charge in [-0.25, -0.2) is 4.90 Å². The van der Waals surface area contributed by atoms with Gasteiger partial charge in [-0.05, 0) is 71.2 Å². The van der Waals surface area contributed by atoms with E-state index in [1.807, 2.05) is 79.7 Å². The Labute approximate surface area is 210 Å². The van der Waals surface area contributed by atoms with Crippen LogP contribution in [0.2, 0.25) is 0 Å². The lowest BCUT2D eigenvalue weighted by molar-refractivity contribution is -0.122. The molecule has 0 aromatic heterocycles. The average molecular weight is 478 g/mol. The van der Waals surface area contributed by atoms with Crippen LogP contribution in [0.5, 0.6) is 11.5 Å². The molecule has 0 radical (unpaired) electrons. The number of nitrogens with zero attached hydrogens (tertiary/aromatic N) is 1. The monoisotopic (exact) mass is 477 g/mol. The van der Waals surface area contributed by atoms with Gasteiger partial charge in [-0.3, -0.25) is 9.59 Å². The molecule has 3 aromatic rings. The maximum atomic E-state index is 13.7. The van der Waals surface area contributed by atoms with Crippen LogP contribution in [0.25, 0.3) is 5.57 Å². The van der Waals surface area contributed by atoms with Crippen LogP contribution in [0, 0.1) is 30.6 Å². The summed E-state index contributed by atoms with van der Waals surface area (Å²) in [5.41, 5.74) is 5.96. The lowest BCUT2D eigenvalue weighted by Gasteiger charge is -2.22. The quantitative estimate of drug-likeness (QED) is 0.363. The molecule has 6 rings (SSSR count). The van der Waals surface area contributed by atoms with Gasteiger partial charge in [0.05, 0.1) is 31.7 Å². The highest BCUT2D eigenvalue weighted by Crippen LogP contribution is 2.59. The van der Waals surface area contributed by atoms with Crippen molar-refractivity contribution in [2.45, 2.75) is 6.92 Å². The summed E-state index contributed by atoms with van der Waals surface area (Å²) in [5, 5.41) is 0. The molecule has 0 N–H and O–H groups in total. The number of fused-ring (bicyclic) bond motifs is 5. The standard InChI is InChI=1S/C31H27NO4/c1-18-5-4-6-21(17-18)32-30(33)28-24-15-16-25(29(28)31(32)34)27(24)26(19-7-11-22(35-2)12-8-19)20-9-13-23(36-3)14-10-20/h4-17,24-25,28-29H,1-3H3/t24-,25-,28+,29+/m1/s1. The van der Waals surface area contributed by atoms with Crippen LogP contribution in [0.4, 0.5) is 5.69 Å². The second-order valence-corrected chi connectivity index (χ2v) is 9.63. The highest BCUT2D eigenvalue weighted by Gasteiger charge is 2.62. The lowest BCUT2D eigenvalue weighted by atomic mass is 9.85. The molecule has 0 unspecified atom stereocenters.